The minimum Gasteiger partial charge on any atom is -0.0587 e. The Labute approximate surface area is 116 Å². The fourth-order valence-electron chi connectivity index (χ4n) is 2.24. The van der Waals surface area contributed by atoms with Crippen LogP contribution >= 0.6 is 0 Å². The summed E-state index contributed by atoms with van der Waals surface area (Å²) in [5.74, 6) is -0.622. The first-order chi connectivity index (χ1) is 10.00. The van der Waals surface area contributed by atoms with Crippen LogP contribution in [0.25, 0.3) is 11.1 Å². The molecule has 2 aromatic carbocycles. The first kappa shape index (κ1) is 8.53. The maximum absolute atomic E-state index is 8.12. The van der Waals surface area contributed by atoms with E-state index in [0.717, 1.165) is 27.8 Å². The maximum atomic E-state index is 8.12. The molecule has 0 radical (unpaired) electrons. The van der Waals surface area contributed by atoms with Crippen molar-refractivity contribution in [1.29, 1.82) is 0 Å². The zero-order valence-electron chi connectivity index (χ0n) is 15.5. The molecule has 2 rings (SSSR count). The van der Waals surface area contributed by atoms with Gasteiger partial charge in [0.05, 0.1) is 0 Å². The molecular weight excluding hydrogens is 216 g/mol. The predicted octanol–water partition coefficient (Wildman–Crippen LogP) is 5.40. The number of aryl methyl sites for hydroxylation is 3. The summed E-state index contributed by atoms with van der Waals surface area (Å²) in [6.45, 7) is 5.64. The first-order valence-corrected chi connectivity index (χ1v) is 6.23. The summed E-state index contributed by atoms with van der Waals surface area (Å²) in [6, 6.07) is 11.3. The van der Waals surface area contributed by atoms with Gasteiger partial charge in [-0.2, -0.15) is 0 Å². The van der Waals surface area contributed by atoms with Crippen LogP contribution in [0.5, 0.6) is 0 Å². The van der Waals surface area contributed by atoms with E-state index in [0.29, 0.717) is 5.56 Å². The molecule has 0 atom stereocenters. The minimum atomic E-state index is -2.07. The smallest absolute Gasteiger partial charge is 0.0347 e. The second-order valence-electron chi connectivity index (χ2n) is 5.06. The van der Waals surface area contributed by atoms with E-state index < -0.39 is 12.7 Å². The quantitative estimate of drug-likeness (QED) is 0.661. The maximum Gasteiger partial charge on any atom is 0.0347 e. The molecule has 0 saturated carbocycles. The van der Waals surface area contributed by atoms with Crippen LogP contribution in [0.1, 0.15) is 47.5 Å². The zero-order chi connectivity index (χ0) is 16.7. The molecule has 0 saturated heterocycles. The summed E-state index contributed by atoms with van der Waals surface area (Å²) >= 11 is 0. The third-order valence-electron chi connectivity index (χ3n) is 3.32. The van der Waals surface area contributed by atoms with E-state index in [1.807, 2.05) is 52.0 Å². The molecule has 2 aromatic rings. The largest absolute Gasteiger partial charge is 0.0587 e. The van der Waals surface area contributed by atoms with Gasteiger partial charge in [0.2, 0.25) is 0 Å². The molecule has 0 heteroatoms. The lowest BCUT2D eigenvalue weighted by atomic mass is 9.92. The Morgan fingerprint density at radius 1 is 0.944 bits per heavy atom. The highest BCUT2D eigenvalue weighted by Crippen LogP contribution is 2.29. The van der Waals surface area contributed by atoms with Crippen molar-refractivity contribution >= 4 is 0 Å². The Morgan fingerprint density at radius 2 is 1.56 bits per heavy atom. The van der Waals surface area contributed by atoms with Crippen molar-refractivity contribution in [2.24, 2.45) is 0 Å². The lowest BCUT2D eigenvalue weighted by molar-refractivity contribution is 0.865. The lowest BCUT2D eigenvalue weighted by Gasteiger charge is -2.13. The fourth-order valence-corrected chi connectivity index (χ4v) is 2.24. The molecular formula is C18H22. The molecule has 0 unspecified atom stereocenters. The summed E-state index contributed by atoms with van der Waals surface area (Å²) in [6.07, 6.45) is 0. The second-order valence-corrected chi connectivity index (χ2v) is 5.06. The van der Waals surface area contributed by atoms with E-state index >= 15 is 0 Å². The summed E-state index contributed by atoms with van der Waals surface area (Å²) < 4.78 is 30.6. The van der Waals surface area contributed by atoms with Gasteiger partial charge in [-0.25, -0.2) is 0 Å². The normalized spacial score (nSPS) is 15.6. The van der Waals surface area contributed by atoms with Crippen LogP contribution < -0.4 is 0 Å². The van der Waals surface area contributed by atoms with Gasteiger partial charge in [-0.05, 0) is 54.4 Å². The number of rotatable bonds is 2. The van der Waals surface area contributed by atoms with Crippen LogP contribution in [-0.2, 0) is 0 Å². The number of benzene rings is 2. The summed E-state index contributed by atoms with van der Waals surface area (Å²) in [4.78, 5) is 0. The second kappa shape index (κ2) is 4.97. The van der Waals surface area contributed by atoms with Gasteiger partial charge in [-0.15, -0.1) is 0 Å². The Morgan fingerprint density at radius 3 is 2.06 bits per heavy atom. The SMILES string of the molecule is [2H]C([2H])([2H])c1ccc(-c2ccc(C([2H])(C)C)cc2C)c(C)c1. The van der Waals surface area contributed by atoms with Gasteiger partial charge in [0.25, 0.3) is 0 Å². The van der Waals surface area contributed by atoms with Gasteiger partial charge in [-0.1, -0.05) is 55.8 Å². The molecule has 0 nitrogen and oxygen atoms in total. The molecule has 0 amide bonds. The summed E-state index contributed by atoms with van der Waals surface area (Å²) in [7, 11) is 0. The third kappa shape index (κ3) is 2.48. The van der Waals surface area contributed by atoms with Crippen LogP contribution in [0.3, 0.4) is 0 Å². The number of hydrogen-bond acceptors (Lipinski definition) is 0. The zero-order valence-corrected chi connectivity index (χ0v) is 11.5. The van der Waals surface area contributed by atoms with Crippen LogP contribution in [0.15, 0.2) is 36.4 Å². The van der Waals surface area contributed by atoms with Gasteiger partial charge in [0, 0.05) is 5.48 Å². The summed E-state index contributed by atoms with van der Waals surface area (Å²) in [5.41, 5.74) is 5.53. The van der Waals surface area contributed by atoms with E-state index in [9.17, 15) is 0 Å². The van der Waals surface area contributed by atoms with Gasteiger partial charge in [0.15, 0.2) is 0 Å². The molecule has 0 spiro atoms. The fraction of sp³-hybridized carbons (Fsp3) is 0.333. The van der Waals surface area contributed by atoms with E-state index in [1.165, 1.54) is 0 Å². The third-order valence-corrected chi connectivity index (χ3v) is 3.32. The predicted molar refractivity (Wildman–Crippen MR) is 80.2 cm³/mol. The lowest BCUT2D eigenvalue weighted by Crippen LogP contribution is -1.92. The highest BCUT2D eigenvalue weighted by atomic mass is 14.1. The molecule has 18 heavy (non-hydrogen) atoms. The van der Waals surface area contributed by atoms with Gasteiger partial charge in [-0.3, -0.25) is 0 Å². The highest BCUT2D eigenvalue weighted by molar-refractivity contribution is 5.71. The average molecular weight is 242 g/mol. The van der Waals surface area contributed by atoms with Crippen LogP contribution in [0, 0.1) is 20.7 Å². The first-order valence-electron chi connectivity index (χ1n) is 8.23. The van der Waals surface area contributed by atoms with Crippen LogP contribution in [0.2, 0.25) is 0 Å². The number of hydrogen-bond donors (Lipinski definition) is 0. The van der Waals surface area contributed by atoms with Gasteiger partial charge in [0.1, 0.15) is 0 Å². The Hall–Kier alpha value is -1.56. The Kier molecular flexibility index (Phi) is 2.36. The van der Waals surface area contributed by atoms with E-state index in [4.69, 9.17) is 5.48 Å². The van der Waals surface area contributed by atoms with Crippen molar-refractivity contribution < 1.29 is 5.48 Å². The van der Waals surface area contributed by atoms with Crippen molar-refractivity contribution in [3.63, 3.8) is 0 Å². The molecule has 0 bridgehead atoms. The van der Waals surface area contributed by atoms with E-state index in [2.05, 4.69) is 0 Å². The molecule has 94 valence electrons. The molecule has 0 aliphatic heterocycles. The highest BCUT2D eigenvalue weighted by Gasteiger charge is 2.07. The van der Waals surface area contributed by atoms with Crippen molar-refractivity contribution in [3.8, 4) is 11.1 Å². The van der Waals surface area contributed by atoms with Gasteiger partial charge < -0.3 is 0 Å². The van der Waals surface area contributed by atoms with E-state index in [1.54, 1.807) is 12.1 Å². The van der Waals surface area contributed by atoms with Crippen molar-refractivity contribution in [1.82, 2.24) is 0 Å². The molecule has 0 heterocycles. The van der Waals surface area contributed by atoms with Crippen molar-refractivity contribution in [3.05, 3.63) is 58.7 Å². The van der Waals surface area contributed by atoms with Crippen LogP contribution in [-0.4, -0.2) is 0 Å². The molecule has 0 aliphatic rings. The minimum absolute atomic E-state index is 0.371. The summed E-state index contributed by atoms with van der Waals surface area (Å²) in [5, 5.41) is 0. The molecule has 0 aromatic heterocycles. The van der Waals surface area contributed by atoms with Crippen LogP contribution in [0.4, 0.5) is 0 Å². The topological polar surface area (TPSA) is 0 Å². The molecule has 0 aliphatic carbocycles. The van der Waals surface area contributed by atoms with Gasteiger partial charge >= 0.3 is 0 Å². The molecule has 0 N–H and O–H groups in total. The van der Waals surface area contributed by atoms with Crippen molar-refractivity contribution in [2.75, 3.05) is 0 Å². The van der Waals surface area contributed by atoms with E-state index in [-0.39, 0.29) is 0 Å². The average Bonchev–Trinajstić information content (AvgIpc) is 2.37. The Bertz CT molecular complexity index is 630. The Balaban J connectivity index is 2.49. The molecule has 0 fully saturated rings. The standard InChI is InChI=1S/C18H22/c1-12(2)16-7-9-18(15(5)11-16)17-8-6-13(3)10-14(17)4/h6-12H,1-5H3/i3D3,12D. The monoisotopic (exact) mass is 242 g/mol. The van der Waals surface area contributed by atoms with Crippen molar-refractivity contribution in [2.45, 2.75) is 40.4 Å².